The van der Waals surface area contributed by atoms with E-state index in [-0.39, 0.29) is 39.6 Å². The molecule has 2 aromatic heterocycles. The molecular formula is C25H20ClF5N4O2S2. The number of hydrogen-bond acceptors (Lipinski definition) is 7. The highest BCUT2D eigenvalue weighted by Crippen LogP contribution is 2.36. The number of alkyl halides is 3. The average Bonchev–Trinajstić information content (AvgIpc) is 3.58. The Morgan fingerprint density at radius 2 is 1.92 bits per heavy atom. The van der Waals surface area contributed by atoms with Crippen molar-refractivity contribution in [2.45, 2.75) is 42.5 Å². The van der Waals surface area contributed by atoms with Crippen molar-refractivity contribution in [3.8, 4) is 0 Å². The molecule has 3 aromatic rings. The summed E-state index contributed by atoms with van der Waals surface area (Å²) in [6.07, 6.45) is -3.12. The second kappa shape index (κ2) is 11.4. The Kier molecular flexibility index (Phi) is 8.11. The Bertz CT molecular complexity index is 1390. The molecule has 0 bridgehead atoms. The van der Waals surface area contributed by atoms with Crippen LogP contribution in [0.25, 0.3) is 0 Å². The van der Waals surface area contributed by atoms with E-state index >= 15 is 0 Å². The second-order valence-electron chi connectivity index (χ2n) is 8.99. The number of piperidine rings is 1. The summed E-state index contributed by atoms with van der Waals surface area (Å²) in [5.41, 5.74) is 0.0237. The number of amides is 1. The highest BCUT2D eigenvalue weighted by molar-refractivity contribution is 8.00. The molecule has 0 spiro atoms. The first kappa shape index (κ1) is 27.8. The first-order chi connectivity index (χ1) is 18.6. The maximum atomic E-state index is 14.1. The third-order valence-electron chi connectivity index (χ3n) is 6.47. The molecular weight excluding hydrogens is 583 g/mol. The molecule has 0 radical (unpaired) electrons. The number of carbonyl (C=O) groups excluding carboxylic acids is 1. The van der Waals surface area contributed by atoms with Crippen LogP contribution in [0.1, 0.15) is 53.1 Å². The molecule has 1 aromatic carbocycles. The highest BCUT2D eigenvalue weighted by atomic mass is 35.5. The van der Waals surface area contributed by atoms with Gasteiger partial charge in [0.05, 0.1) is 32.6 Å². The van der Waals surface area contributed by atoms with Crippen LogP contribution in [0.4, 0.5) is 22.0 Å². The van der Waals surface area contributed by atoms with Gasteiger partial charge in [-0.1, -0.05) is 34.6 Å². The van der Waals surface area contributed by atoms with Gasteiger partial charge in [0.25, 0.3) is 0 Å². The Morgan fingerprint density at radius 1 is 1.21 bits per heavy atom. The molecule has 1 unspecified atom stereocenters. The van der Waals surface area contributed by atoms with Crippen LogP contribution in [0.5, 0.6) is 0 Å². The number of carbonyl (C=O) groups is 1. The number of nitrogens with zero attached hydrogens (tertiary/aromatic N) is 4. The summed E-state index contributed by atoms with van der Waals surface area (Å²) in [6.45, 7) is 1.01. The minimum absolute atomic E-state index is 0.00768. The molecule has 2 aliphatic rings. The van der Waals surface area contributed by atoms with Crippen LogP contribution in [0.3, 0.4) is 0 Å². The molecule has 1 amide bonds. The lowest BCUT2D eigenvalue weighted by atomic mass is 9.97. The molecule has 6 nitrogen and oxygen atoms in total. The van der Waals surface area contributed by atoms with Gasteiger partial charge in [0.1, 0.15) is 22.4 Å². The van der Waals surface area contributed by atoms with E-state index in [9.17, 15) is 26.7 Å². The zero-order valence-corrected chi connectivity index (χ0v) is 22.4. The van der Waals surface area contributed by atoms with Crippen LogP contribution in [0.15, 0.2) is 46.0 Å². The summed E-state index contributed by atoms with van der Waals surface area (Å²) in [7, 11) is 0. The summed E-state index contributed by atoms with van der Waals surface area (Å²) in [6, 6.07) is 4.45. The van der Waals surface area contributed by atoms with Gasteiger partial charge in [0, 0.05) is 37.0 Å². The summed E-state index contributed by atoms with van der Waals surface area (Å²) >= 11 is 8.39. The van der Waals surface area contributed by atoms with E-state index in [4.69, 9.17) is 16.4 Å². The smallest absolute Gasteiger partial charge is 0.387 e. The first-order valence-electron chi connectivity index (χ1n) is 11.9. The van der Waals surface area contributed by atoms with Gasteiger partial charge >= 0.3 is 6.18 Å². The van der Waals surface area contributed by atoms with E-state index in [0.29, 0.717) is 43.5 Å². The molecule has 5 rings (SSSR count). The molecule has 1 saturated heterocycles. The fourth-order valence-electron chi connectivity index (χ4n) is 4.39. The van der Waals surface area contributed by atoms with Gasteiger partial charge < -0.3 is 9.74 Å². The summed E-state index contributed by atoms with van der Waals surface area (Å²) in [5.74, 6) is -1.38. The number of likely N-dealkylation sites (tertiary alicyclic amines) is 1. The van der Waals surface area contributed by atoms with E-state index in [1.807, 2.05) is 5.38 Å². The summed E-state index contributed by atoms with van der Waals surface area (Å²) in [5, 5.41) is 6.75. The van der Waals surface area contributed by atoms with E-state index in [2.05, 4.69) is 15.1 Å². The number of oxime groups is 1. The van der Waals surface area contributed by atoms with Crippen molar-refractivity contribution in [1.82, 2.24) is 14.9 Å². The molecule has 39 heavy (non-hydrogen) atoms. The highest BCUT2D eigenvalue weighted by Gasteiger charge is 2.33. The van der Waals surface area contributed by atoms with Crippen molar-refractivity contribution >= 4 is 46.3 Å². The van der Waals surface area contributed by atoms with Crippen LogP contribution in [0, 0.1) is 11.6 Å². The van der Waals surface area contributed by atoms with Gasteiger partial charge in [0.2, 0.25) is 5.91 Å². The van der Waals surface area contributed by atoms with Crippen LogP contribution < -0.4 is 0 Å². The average molecular weight is 603 g/mol. The van der Waals surface area contributed by atoms with Gasteiger partial charge in [-0.2, -0.15) is 13.2 Å². The summed E-state index contributed by atoms with van der Waals surface area (Å²) in [4.78, 5) is 28.1. The predicted octanol–water partition coefficient (Wildman–Crippen LogP) is 6.85. The number of rotatable bonds is 6. The fourth-order valence-corrected chi connectivity index (χ4v) is 6.49. The molecule has 4 heterocycles. The van der Waals surface area contributed by atoms with Crippen molar-refractivity contribution in [3.05, 3.63) is 74.3 Å². The minimum atomic E-state index is -4.54. The van der Waals surface area contributed by atoms with Crippen molar-refractivity contribution in [3.63, 3.8) is 0 Å². The zero-order valence-electron chi connectivity index (χ0n) is 20.1. The van der Waals surface area contributed by atoms with E-state index in [0.717, 1.165) is 22.8 Å². The number of benzene rings is 1. The molecule has 206 valence electrons. The molecule has 0 aliphatic carbocycles. The van der Waals surface area contributed by atoms with Crippen LogP contribution in [-0.2, 0) is 15.8 Å². The maximum Gasteiger partial charge on any atom is 0.417 e. The van der Waals surface area contributed by atoms with E-state index in [1.54, 1.807) is 4.90 Å². The largest absolute Gasteiger partial charge is 0.417 e. The monoisotopic (exact) mass is 602 g/mol. The van der Waals surface area contributed by atoms with Gasteiger partial charge in [-0.15, -0.1) is 11.3 Å². The molecule has 1 fully saturated rings. The molecule has 2 aliphatic heterocycles. The fraction of sp³-hybridized carbons (Fsp3) is 0.360. The molecule has 0 N–H and O–H groups in total. The molecule has 1 atom stereocenters. The van der Waals surface area contributed by atoms with Crippen molar-refractivity contribution in [2.24, 2.45) is 5.16 Å². The van der Waals surface area contributed by atoms with Crippen LogP contribution in [0.2, 0.25) is 5.02 Å². The Labute approximate surface area is 233 Å². The van der Waals surface area contributed by atoms with Crippen LogP contribution in [-0.4, -0.2) is 45.3 Å². The SMILES string of the molecule is O=C(CSc1ncc(C(F)(F)F)cc1Cl)N1CCC(c2nc(C3=NOC(c4c(F)cccc4F)C3)cs2)CC1. The van der Waals surface area contributed by atoms with E-state index < -0.39 is 29.5 Å². The van der Waals surface area contributed by atoms with Crippen molar-refractivity contribution < 1.29 is 31.6 Å². The van der Waals surface area contributed by atoms with Crippen molar-refractivity contribution in [1.29, 1.82) is 0 Å². The van der Waals surface area contributed by atoms with Gasteiger partial charge in [0.15, 0.2) is 6.10 Å². The number of thiazole rings is 1. The Morgan fingerprint density at radius 3 is 2.59 bits per heavy atom. The lowest BCUT2D eigenvalue weighted by molar-refractivity contribution is -0.138. The zero-order chi connectivity index (χ0) is 27.7. The Balaban J connectivity index is 1.12. The second-order valence-corrected chi connectivity index (χ2v) is 11.3. The van der Waals surface area contributed by atoms with Gasteiger partial charge in [-0.3, -0.25) is 4.79 Å². The van der Waals surface area contributed by atoms with Crippen molar-refractivity contribution in [2.75, 3.05) is 18.8 Å². The maximum absolute atomic E-state index is 14.1. The number of hydrogen-bond donors (Lipinski definition) is 0. The topological polar surface area (TPSA) is 67.7 Å². The molecule has 0 saturated carbocycles. The van der Waals surface area contributed by atoms with Gasteiger partial charge in [-0.25, -0.2) is 18.7 Å². The molecule has 14 heteroatoms. The number of aromatic nitrogens is 2. The lowest BCUT2D eigenvalue weighted by Gasteiger charge is -2.31. The van der Waals surface area contributed by atoms with Gasteiger partial charge in [-0.05, 0) is 31.0 Å². The standard InChI is InChI=1S/C25H20ClF5N4O2S2/c26-15-8-14(25(29,30)31)10-32-24(15)39-12-21(36)35-6-4-13(5-7-35)23-33-19(11-38-23)18-9-20(37-34-18)22-16(27)2-1-3-17(22)28/h1-3,8,10-11,13,20H,4-7,9,12H2. The lowest BCUT2D eigenvalue weighted by Crippen LogP contribution is -2.38. The quantitative estimate of drug-likeness (QED) is 0.228. The van der Waals surface area contributed by atoms with Crippen LogP contribution >= 0.6 is 34.7 Å². The summed E-state index contributed by atoms with van der Waals surface area (Å²) < 4.78 is 66.6. The first-order valence-corrected chi connectivity index (χ1v) is 14.1. The number of pyridine rings is 1. The third kappa shape index (κ3) is 6.20. The Hall–Kier alpha value is -2.77. The predicted molar refractivity (Wildman–Crippen MR) is 137 cm³/mol. The third-order valence-corrected chi connectivity index (χ3v) is 8.87. The van der Waals surface area contributed by atoms with E-state index in [1.165, 1.54) is 29.5 Å². The number of halogens is 6. The minimum Gasteiger partial charge on any atom is -0.387 e. The normalized spacial score (nSPS) is 18.3. The number of thioether (sulfide) groups is 1.